The third-order valence-corrected chi connectivity index (χ3v) is 3.32. The first-order valence-electron chi connectivity index (χ1n) is 6.18. The number of nitrogens with zero attached hydrogens (tertiary/aromatic N) is 1. The Hall–Kier alpha value is -1.87. The first-order valence-corrected chi connectivity index (χ1v) is 6.18. The molecule has 1 heterocycles. The summed E-state index contributed by atoms with van der Waals surface area (Å²) in [5, 5.41) is 16.9. The van der Waals surface area contributed by atoms with Gasteiger partial charge < -0.3 is 15.4 Å². The molecule has 9 heteroatoms. The number of halogens is 3. The molecule has 1 saturated heterocycles. The lowest BCUT2D eigenvalue weighted by Gasteiger charge is -2.20. The Bertz CT molecular complexity index is 536. The van der Waals surface area contributed by atoms with Crippen LogP contribution in [0, 0.1) is 10.1 Å². The summed E-state index contributed by atoms with van der Waals surface area (Å²) in [6, 6.07) is 2.18. The fraction of sp³-hybridized carbons (Fsp3) is 0.500. The maximum atomic E-state index is 12.6. The van der Waals surface area contributed by atoms with Gasteiger partial charge in [0.05, 0.1) is 22.6 Å². The van der Waals surface area contributed by atoms with Crippen molar-refractivity contribution < 1.29 is 22.8 Å². The molecule has 116 valence electrons. The molecule has 0 amide bonds. The largest absolute Gasteiger partial charge is 0.416 e. The molecule has 1 aromatic rings. The fourth-order valence-electron chi connectivity index (χ4n) is 2.23. The number of rotatable bonds is 4. The molecule has 2 N–H and O–H groups in total. The van der Waals surface area contributed by atoms with E-state index >= 15 is 0 Å². The summed E-state index contributed by atoms with van der Waals surface area (Å²) in [6.07, 6.45) is -4.82. The number of anilines is 1. The number of nitro groups is 1. The molecular weight excluding hydrogens is 291 g/mol. The molecule has 0 saturated carbocycles. The Morgan fingerprint density at radius 3 is 2.71 bits per heavy atom. The van der Waals surface area contributed by atoms with Crippen LogP contribution < -0.4 is 10.6 Å². The van der Waals surface area contributed by atoms with Gasteiger partial charge in [0.2, 0.25) is 0 Å². The second-order valence-electron chi connectivity index (χ2n) is 4.67. The number of nitrogens with one attached hydrogen (secondary N) is 2. The van der Waals surface area contributed by atoms with Crippen LogP contribution in [0.5, 0.6) is 0 Å². The lowest BCUT2D eigenvalue weighted by atomic mass is 10.1. The summed E-state index contributed by atoms with van der Waals surface area (Å²) >= 11 is 0. The Kier molecular flexibility index (Phi) is 4.33. The van der Waals surface area contributed by atoms with Gasteiger partial charge in [0.25, 0.3) is 5.69 Å². The van der Waals surface area contributed by atoms with E-state index in [1.54, 1.807) is 0 Å². The lowest BCUT2D eigenvalue weighted by molar-refractivity contribution is -0.384. The van der Waals surface area contributed by atoms with Crippen LogP contribution in [0.15, 0.2) is 18.2 Å². The van der Waals surface area contributed by atoms with Gasteiger partial charge in [0.1, 0.15) is 5.69 Å². The van der Waals surface area contributed by atoms with Gasteiger partial charge in [-0.3, -0.25) is 10.1 Å². The molecule has 0 radical (unpaired) electrons. The highest BCUT2D eigenvalue weighted by Gasteiger charge is 2.34. The van der Waals surface area contributed by atoms with Crippen LogP contribution in [0.2, 0.25) is 0 Å². The summed E-state index contributed by atoms with van der Waals surface area (Å²) < 4.78 is 43.0. The van der Waals surface area contributed by atoms with Crippen LogP contribution in [-0.2, 0) is 10.9 Å². The van der Waals surface area contributed by atoms with Crippen molar-refractivity contribution in [3.63, 3.8) is 0 Å². The smallest absolute Gasteiger partial charge is 0.378 e. The van der Waals surface area contributed by atoms with Crippen molar-refractivity contribution in [2.75, 3.05) is 25.5 Å². The van der Waals surface area contributed by atoms with E-state index in [1.807, 2.05) is 0 Å². The second kappa shape index (κ2) is 5.86. The van der Waals surface area contributed by atoms with Crippen LogP contribution in [0.3, 0.4) is 0 Å². The van der Waals surface area contributed by atoms with E-state index < -0.39 is 22.4 Å². The van der Waals surface area contributed by atoms with Crippen LogP contribution in [0.25, 0.3) is 0 Å². The van der Waals surface area contributed by atoms with E-state index in [0.717, 1.165) is 12.1 Å². The van der Waals surface area contributed by atoms with Gasteiger partial charge in [-0.15, -0.1) is 0 Å². The number of ether oxygens (including phenoxy) is 1. The minimum absolute atomic E-state index is 0.0451. The van der Waals surface area contributed by atoms with Gasteiger partial charge in [-0.1, -0.05) is 0 Å². The predicted octanol–water partition coefficient (Wildman–Crippen LogP) is 2.01. The molecule has 1 aliphatic heterocycles. The molecule has 0 bridgehead atoms. The average Bonchev–Trinajstić information content (AvgIpc) is 2.84. The topological polar surface area (TPSA) is 76.4 Å². The zero-order valence-electron chi connectivity index (χ0n) is 11.1. The molecule has 0 spiro atoms. The summed E-state index contributed by atoms with van der Waals surface area (Å²) in [4.78, 5) is 10.1. The van der Waals surface area contributed by atoms with Crippen molar-refractivity contribution in [2.24, 2.45) is 0 Å². The molecule has 1 unspecified atom stereocenters. The molecule has 1 aliphatic rings. The van der Waals surface area contributed by atoms with Gasteiger partial charge in [0.15, 0.2) is 0 Å². The predicted molar refractivity (Wildman–Crippen MR) is 69.2 cm³/mol. The molecule has 6 nitrogen and oxygen atoms in total. The zero-order valence-corrected chi connectivity index (χ0v) is 11.1. The highest BCUT2D eigenvalue weighted by molar-refractivity contribution is 5.63. The van der Waals surface area contributed by atoms with Gasteiger partial charge in [0, 0.05) is 26.3 Å². The van der Waals surface area contributed by atoms with Crippen molar-refractivity contribution in [3.8, 4) is 0 Å². The van der Waals surface area contributed by atoms with Crippen LogP contribution in [-0.4, -0.2) is 37.3 Å². The number of alkyl halides is 3. The van der Waals surface area contributed by atoms with E-state index in [2.05, 4.69) is 10.6 Å². The molecule has 2 atom stereocenters. The number of hydrogen-bond acceptors (Lipinski definition) is 5. The van der Waals surface area contributed by atoms with E-state index in [4.69, 9.17) is 4.74 Å². The maximum Gasteiger partial charge on any atom is 0.416 e. The normalized spacial score (nSPS) is 22.3. The quantitative estimate of drug-likeness (QED) is 0.657. The minimum atomic E-state index is -4.62. The van der Waals surface area contributed by atoms with Crippen LogP contribution in [0.1, 0.15) is 5.56 Å². The molecule has 0 aromatic heterocycles. The summed E-state index contributed by atoms with van der Waals surface area (Å²) in [5.74, 6) is 0. The van der Waals surface area contributed by atoms with Gasteiger partial charge >= 0.3 is 6.18 Å². The number of nitro benzene ring substituents is 1. The van der Waals surface area contributed by atoms with Crippen molar-refractivity contribution in [1.29, 1.82) is 0 Å². The van der Waals surface area contributed by atoms with E-state index in [0.29, 0.717) is 19.2 Å². The Labute approximate surface area is 118 Å². The summed E-state index contributed by atoms with van der Waals surface area (Å²) in [5.41, 5.74) is -1.61. The maximum absolute atomic E-state index is 12.6. The first kappa shape index (κ1) is 15.5. The van der Waals surface area contributed by atoms with Crippen molar-refractivity contribution in [2.45, 2.75) is 18.3 Å². The molecule has 1 fully saturated rings. The Morgan fingerprint density at radius 1 is 1.43 bits per heavy atom. The Morgan fingerprint density at radius 2 is 2.14 bits per heavy atom. The summed E-state index contributed by atoms with van der Waals surface area (Å²) in [6.45, 7) is 1.08. The highest BCUT2D eigenvalue weighted by Crippen LogP contribution is 2.35. The molecule has 21 heavy (non-hydrogen) atoms. The second-order valence-corrected chi connectivity index (χ2v) is 4.67. The van der Waals surface area contributed by atoms with Crippen molar-refractivity contribution in [1.82, 2.24) is 5.32 Å². The van der Waals surface area contributed by atoms with Crippen molar-refractivity contribution >= 4 is 11.4 Å². The van der Waals surface area contributed by atoms with E-state index in [-0.39, 0.29) is 17.8 Å². The molecule has 2 rings (SSSR count). The molecule has 0 aliphatic carbocycles. The fourth-order valence-corrected chi connectivity index (χ4v) is 2.23. The van der Waals surface area contributed by atoms with Crippen LogP contribution >= 0.6 is 0 Å². The monoisotopic (exact) mass is 305 g/mol. The van der Waals surface area contributed by atoms with Gasteiger partial charge in [-0.25, -0.2) is 0 Å². The zero-order chi connectivity index (χ0) is 15.6. The molecule has 1 aromatic carbocycles. The van der Waals surface area contributed by atoms with E-state index in [9.17, 15) is 23.3 Å². The number of benzene rings is 1. The van der Waals surface area contributed by atoms with Crippen LogP contribution in [0.4, 0.5) is 24.5 Å². The highest BCUT2D eigenvalue weighted by atomic mass is 19.4. The Balaban J connectivity index is 2.29. The number of methoxy groups -OCH3 is 1. The van der Waals surface area contributed by atoms with Gasteiger partial charge in [-0.05, 0) is 12.1 Å². The summed E-state index contributed by atoms with van der Waals surface area (Å²) in [7, 11) is 1.51. The lowest BCUT2D eigenvalue weighted by Crippen LogP contribution is -2.33. The van der Waals surface area contributed by atoms with E-state index in [1.165, 1.54) is 7.11 Å². The number of hydrogen-bond donors (Lipinski definition) is 2. The average molecular weight is 305 g/mol. The van der Waals surface area contributed by atoms with Crippen molar-refractivity contribution in [3.05, 3.63) is 33.9 Å². The first-order chi connectivity index (χ1) is 9.82. The third-order valence-electron chi connectivity index (χ3n) is 3.32. The van der Waals surface area contributed by atoms with Gasteiger partial charge in [-0.2, -0.15) is 13.2 Å². The third kappa shape index (κ3) is 3.42. The minimum Gasteiger partial charge on any atom is -0.378 e. The standard InChI is InChI=1S/C12H14F3N3O3/c1-21-11-6-16-5-9(11)17-8-3-2-7(12(13,14)15)4-10(8)18(19)20/h2-4,9,11,16-17H,5-6H2,1H3/t9?,11-/m0/s1. The SMILES string of the molecule is CO[C@H]1CNCC1Nc1ccc(C(F)(F)F)cc1[N+](=O)[O-]. The molecular formula is C12H14F3N3O3.